The van der Waals surface area contributed by atoms with Crippen LogP contribution in [0.1, 0.15) is 25.2 Å². The van der Waals surface area contributed by atoms with Gasteiger partial charge >= 0.3 is 0 Å². The normalized spacial score (nSPS) is 17.9. The smallest absolute Gasteiger partial charge is 0.157 e. The van der Waals surface area contributed by atoms with Gasteiger partial charge in [0, 0.05) is 0 Å². The first-order valence-electron chi connectivity index (χ1n) is 4.81. The summed E-state index contributed by atoms with van der Waals surface area (Å²) in [4.78, 5) is 0. The molecule has 1 aliphatic heterocycles. The molecule has 4 nitrogen and oxygen atoms in total. The molecule has 0 fully saturated rings. The van der Waals surface area contributed by atoms with Crippen LogP contribution in [0.15, 0.2) is 6.07 Å². The predicted octanol–water partition coefficient (Wildman–Crippen LogP) is 1.15. The van der Waals surface area contributed by atoms with Gasteiger partial charge in [-0.1, -0.05) is 13.8 Å². The van der Waals surface area contributed by atoms with Crippen LogP contribution in [0.4, 0.5) is 0 Å². The molecule has 2 rings (SSSR count). The number of aromatic nitrogens is 2. The highest BCUT2D eigenvalue weighted by atomic mass is 32.2. The summed E-state index contributed by atoms with van der Waals surface area (Å²) in [6.07, 6.45) is 0. The van der Waals surface area contributed by atoms with E-state index in [0.29, 0.717) is 6.54 Å². The van der Waals surface area contributed by atoms with Gasteiger partial charge in [0.2, 0.25) is 0 Å². The van der Waals surface area contributed by atoms with Crippen LogP contribution in [0.3, 0.4) is 0 Å². The fourth-order valence-electron chi connectivity index (χ4n) is 1.43. The van der Waals surface area contributed by atoms with Gasteiger partial charge in [-0.3, -0.25) is 4.68 Å². The van der Waals surface area contributed by atoms with Crippen LogP contribution in [-0.4, -0.2) is 24.0 Å². The molecular formula is C9H16N2O2S. The van der Waals surface area contributed by atoms with Crippen molar-refractivity contribution < 1.29 is 8.42 Å². The number of aryl methyl sites for hydroxylation is 2. The molecule has 0 radical (unpaired) electrons. The molecular weight excluding hydrogens is 200 g/mol. The lowest BCUT2D eigenvalue weighted by Crippen LogP contribution is -2.23. The molecule has 0 atom stereocenters. The van der Waals surface area contributed by atoms with Crippen molar-refractivity contribution in [1.29, 1.82) is 0 Å². The summed E-state index contributed by atoms with van der Waals surface area (Å²) in [5.41, 5.74) is 1.71. The van der Waals surface area contributed by atoms with E-state index in [-0.39, 0.29) is 11.5 Å². The topological polar surface area (TPSA) is 52.0 Å². The lowest BCUT2D eigenvalue weighted by atomic mass is 10.4. The van der Waals surface area contributed by atoms with Crippen LogP contribution >= 0.6 is 0 Å². The standard InChI is InChI=1S/C7H10N2O2S.C2H6/c1-6-4-7-5-12(10,11)3-2-9(7)8-6;1-2/h4H,2-3,5H2,1H3;1-2H3. The summed E-state index contributed by atoms with van der Waals surface area (Å²) in [6.45, 7) is 6.38. The van der Waals surface area contributed by atoms with Crippen molar-refractivity contribution in [2.75, 3.05) is 5.75 Å². The average molecular weight is 216 g/mol. The Hall–Kier alpha value is -0.840. The third kappa shape index (κ3) is 2.35. The van der Waals surface area contributed by atoms with E-state index in [0.717, 1.165) is 11.4 Å². The van der Waals surface area contributed by atoms with E-state index in [9.17, 15) is 8.42 Å². The van der Waals surface area contributed by atoms with Gasteiger partial charge in [-0.2, -0.15) is 5.10 Å². The molecule has 0 bridgehead atoms. The SMILES string of the molecule is CC.Cc1cc2n(n1)CCS(=O)(=O)C2. The molecule has 14 heavy (non-hydrogen) atoms. The molecule has 0 unspecified atom stereocenters. The Morgan fingerprint density at radius 1 is 1.43 bits per heavy atom. The Morgan fingerprint density at radius 3 is 2.71 bits per heavy atom. The van der Waals surface area contributed by atoms with E-state index in [4.69, 9.17) is 0 Å². The maximum absolute atomic E-state index is 11.2. The van der Waals surface area contributed by atoms with Crippen LogP contribution in [0.25, 0.3) is 0 Å². The van der Waals surface area contributed by atoms with Gasteiger partial charge in [-0.05, 0) is 13.0 Å². The molecule has 0 spiro atoms. The molecule has 0 saturated heterocycles. The summed E-state index contributed by atoms with van der Waals surface area (Å²) in [7, 11) is -2.84. The summed E-state index contributed by atoms with van der Waals surface area (Å²) in [5.74, 6) is 0.370. The van der Waals surface area contributed by atoms with Gasteiger partial charge in [0.25, 0.3) is 0 Å². The van der Waals surface area contributed by atoms with Gasteiger partial charge in [-0.25, -0.2) is 8.42 Å². The first-order chi connectivity index (χ1) is 6.57. The number of rotatable bonds is 0. The third-order valence-electron chi connectivity index (χ3n) is 1.97. The van der Waals surface area contributed by atoms with Gasteiger partial charge in [0.05, 0.1) is 29.4 Å². The van der Waals surface area contributed by atoms with Gasteiger partial charge < -0.3 is 0 Å². The maximum Gasteiger partial charge on any atom is 0.157 e. The molecule has 5 heteroatoms. The first kappa shape index (κ1) is 11.2. The van der Waals surface area contributed by atoms with Crippen LogP contribution in [0, 0.1) is 6.92 Å². The van der Waals surface area contributed by atoms with Crippen molar-refractivity contribution in [2.45, 2.75) is 33.1 Å². The van der Waals surface area contributed by atoms with Crippen LogP contribution < -0.4 is 0 Å². The lowest BCUT2D eigenvalue weighted by Gasteiger charge is -2.13. The lowest BCUT2D eigenvalue weighted by molar-refractivity contribution is 0.554. The highest BCUT2D eigenvalue weighted by molar-refractivity contribution is 7.90. The molecule has 1 aromatic rings. The minimum Gasteiger partial charge on any atom is -0.267 e. The minimum absolute atomic E-state index is 0.147. The zero-order valence-electron chi connectivity index (χ0n) is 8.82. The Kier molecular flexibility index (Phi) is 3.31. The van der Waals surface area contributed by atoms with Crippen LogP contribution in [0.2, 0.25) is 0 Å². The fraction of sp³-hybridized carbons (Fsp3) is 0.667. The number of sulfone groups is 1. The van der Waals surface area contributed by atoms with Crippen molar-refractivity contribution >= 4 is 9.84 Å². The second-order valence-corrected chi connectivity index (χ2v) is 5.28. The number of fused-ring (bicyclic) bond motifs is 1. The molecule has 0 amide bonds. The summed E-state index contributed by atoms with van der Waals surface area (Å²) < 4.78 is 24.1. The molecule has 80 valence electrons. The molecule has 2 heterocycles. The first-order valence-corrected chi connectivity index (χ1v) is 6.63. The highest BCUT2D eigenvalue weighted by Crippen LogP contribution is 2.14. The molecule has 0 aromatic carbocycles. The second kappa shape index (κ2) is 4.13. The molecule has 0 N–H and O–H groups in total. The zero-order valence-corrected chi connectivity index (χ0v) is 9.63. The summed E-state index contributed by atoms with van der Waals surface area (Å²) in [6, 6.07) is 1.83. The van der Waals surface area contributed by atoms with E-state index in [1.165, 1.54) is 0 Å². The largest absolute Gasteiger partial charge is 0.267 e. The van der Waals surface area contributed by atoms with Crippen molar-refractivity contribution in [2.24, 2.45) is 0 Å². The van der Waals surface area contributed by atoms with Gasteiger partial charge in [-0.15, -0.1) is 0 Å². The van der Waals surface area contributed by atoms with E-state index >= 15 is 0 Å². The molecule has 0 saturated carbocycles. The van der Waals surface area contributed by atoms with Crippen LogP contribution in [-0.2, 0) is 22.1 Å². The number of nitrogens with zero attached hydrogens (tertiary/aromatic N) is 2. The second-order valence-electron chi connectivity index (χ2n) is 3.09. The van der Waals surface area contributed by atoms with E-state index in [1.54, 1.807) is 4.68 Å². The van der Waals surface area contributed by atoms with Gasteiger partial charge in [0.1, 0.15) is 0 Å². The zero-order chi connectivity index (χ0) is 10.8. The van der Waals surface area contributed by atoms with Crippen molar-refractivity contribution in [3.63, 3.8) is 0 Å². The van der Waals surface area contributed by atoms with Crippen LogP contribution in [0.5, 0.6) is 0 Å². The van der Waals surface area contributed by atoms with E-state index in [1.807, 2.05) is 26.8 Å². The molecule has 1 aliphatic rings. The van der Waals surface area contributed by atoms with E-state index < -0.39 is 9.84 Å². The average Bonchev–Trinajstić information content (AvgIpc) is 2.46. The van der Waals surface area contributed by atoms with Crippen molar-refractivity contribution in [1.82, 2.24) is 9.78 Å². The van der Waals surface area contributed by atoms with Crippen molar-refractivity contribution in [3.05, 3.63) is 17.5 Å². The van der Waals surface area contributed by atoms with Gasteiger partial charge in [0.15, 0.2) is 9.84 Å². The third-order valence-corrected chi connectivity index (χ3v) is 3.51. The van der Waals surface area contributed by atoms with Crippen molar-refractivity contribution in [3.8, 4) is 0 Å². The minimum atomic E-state index is -2.84. The molecule has 1 aromatic heterocycles. The Labute approximate surface area is 84.9 Å². The molecule has 0 aliphatic carbocycles. The number of hydrogen-bond acceptors (Lipinski definition) is 3. The Balaban J connectivity index is 0.000000461. The summed E-state index contributed by atoms with van der Waals surface area (Å²) in [5, 5.41) is 4.17. The Morgan fingerprint density at radius 2 is 2.07 bits per heavy atom. The van der Waals surface area contributed by atoms with E-state index in [2.05, 4.69) is 5.10 Å². The highest BCUT2D eigenvalue weighted by Gasteiger charge is 2.21. The quantitative estimate of drug-likeness (QED) is 0.653. The maximum atomic E-state index is 11.2. The summed E-state index contributed by atoms with van der Waals surface area (Å²) >= 11 is 0. The monoisotopic (exact) mass is 216 g/mol. The predicted molar refractivity (Wildman–Crippen MR) is 55.8 cm³/mol. The fourth-order valence-corrected chi connectivity index (χ4v) is 2.71. The number of hydrogen-bond donors (Lipinski definition) is 0. The Bertz CT molecular complexity index is 406.